The van der Waals surface area contributed by atoms with Gasteiger partial charge in [-0.1, -0.05) is 23.9 Å². The molecular weight excluding hydrogens is 230 g/mol. The lowest BCUT2D eigenvalue weighted by atomic mass is 10.2. The maximum Gasteiger partial charge on any atom is 0.102 e. The molecule has 0 bridgehead atoms. The van der Waals surface area contributed by atoms with E-state index in [9.17, 15) is 0 Å². The minimum atomic E-state index is 0.620. The Morgan fingerprint density at radius 2 is 2.06 bits per heavy atom. The van der Waals surface area contributed by atoms with Gasteiger partial charge in [-0.25, -0.2) is 4.98 Å². The van der Waals surface area contributed by atoms with Gasteiger partial charge in [0.15, 0.2) is 0 Å². The summed E-state index contributed by atoms with van der Waals surface area (Å²) < 4.78 is 0. The summed E-state index contributed by atoms with van der Waals surface area (Å²) in [5.74, 6) is 0. The molecule has 4 heteroatoms. The molecule has 0 spiro atoms. The third kappa shape index (κ3) is 2.77. The van der Waals surface area contributed by atoms with Gasteiger partial charge in [0.05, 0.1) is 11.6 Å². The highest BCUT2D eigenvalue weighted by molar-refractivity contribution is 7.99. The van der Waals surface area contributed by atoms with Crippen LogP contribution in [0.25, 0.3) is 0 Å². The van der Waals surface area contributed by atoms with E-state index in [1.165, 1.54) is 11.8 Å². The van der Waals surface area contributed by atoms with Gasteiger partial charge in [0.1, 0.15) is 5.03 Å². The summed E-state index contributed by atoms with van der Waals surface area (Å²) >= 11 is 1.47. The zero-order chi connectivity index (χ0) is 12.3. The van der Waals surface area contributed by atoms with E-state index in [2.05, 4.69) is 11.1 Å². The number of rotatable bonds is 2. The lowest BCUT2D eigenvalue weighted by Gasteiger charge is -2.05. The molecule has 0 radical (unpaired) electrons. The van der Waals surface area contributed by atoms with Crippen molar-refractivity contribution in [1.82, 2.24) is 4.98 Å². The van der Waals surface area contributed by atoms with E-state index in [4.69, 9.17) is 11.0 Å². The second-order valence-electron chi connectivity index (χ2n) is 3.59. The molecule has 2 N–H and O–H groups in total. The van der Waals surface area contributed by atoms with Gasteiger partial charge < -0.3 is 5.73 Å². The number of nitrogens with two attached hydrogens (primary N) is 1. The number of nitriles is 1. The van der Waals surface area contributed by atoms with Crippen LogP contribution in [0.3, 0.4) is 0 Å². The van der Waals surface area contributed by atoms with Gasteiger partial charge in [-0.05, 0) is 31.2 Å². The van der Waals surface area contributed by atoms with Crippen molar-refractivity contribution in [3.8, 4) is 6.07 Å². The number of hydrogen-bond donors (Lipinski definition) is 1. The Labute approximate surface area is 104 Å². The number of nitrogens with zero attached hydrogens (tertiary/aromatic N) is 2. The van der Waals surface area contributed by atoms with Crippen molar-refractivity contribution in [3.63, 3.8) is 0 Å². The van der Waals surface area contributed by atoms with Crippen molar-refractivity contribution < 1.29 is 0 Å². The van der Waals surface area contributed by atoms with E-state index in [0.29, 0.717) is 5.56 Å². The van der Waals surface area contributed by atoms with E-state index >= 15 is 0 Å². The molecule has 0 aliphatic carbocycles. The van der Waals surface area contributed by atoms with Crippen LogP contribution in [0.4, 0.5) is 5.69 Å². The van der Waals surface area contributed by atoms with Crippen LogP contribution in [0.1, 0.15) is 11.3 Å². The fourth-order valence-corrected chi connectivity index (χ4v) is 2.37. The van der Waals surface area contributed by atoms with E-state index in [-0.39, 0.29) is 0 Å². The average molecular weight is 241 g/mol. The molecule has 2 rings (SSSR count). The van der Waals surface area contributed by atoms with Gasteiger partial charge in [0, 0.05) is 16.3 Å². The molecule has 1 aromatic heterocycles. The molecule has 3 nitrogen and oxygen atoms in total. The second kappa shape index (κ2) is 4.89. The molecule has 0 saturated carbocycles. The Kier molecular flexibility index (Phi) is 3.31. The zero-order valence-corrected chi connectivity index (χ0v) is 10.2. The predicted octanol–water partition coefficient (Wildman–Crippen LogP) is 3.00. The van der Waals surface area contributed by atoms with Gasteiger partial charge in [-0.15, -0.1) is 0 Å². The highest BCUT2D eigenvalue weighted by atomic mass is 32.2. The molecule has 0 unspecified atom stereocenters. The maximum absolute atomic E-state index is 8.90. The molecule has 1 aromatic carbocycles. The van der Waals surface area contributed by atoms with Gasteiger partial charge in [-0.3, -0.25) is 0 Å². The van der Waals surface area contributed by atoms with Crippen molar-refractivity contribution in [2.45, 2.75) is 16.8 Å². The van der Waals surface area contributed by atoms with Crippen molar-refractivity contribution in [3.05, 3.63) is 47.7 Å². The fraction of sp³-hybridized carbons (Fsp3) is 0.0769. The summed E-state index contributed by atoms with van der Waals surface area (Å²) in [6.07, 6.45) is 0. The molecule has 0 aliphatic rings. The van der Waals surface area contributed by atoms with E-state index in [0.717, 1.165) is 21.3 Å². The van der Waals surface area contributed by atoms with E-state index in [1.54, 1.807) is 12.1 Å². The summed E-state index contributed by atoms with van der Waals surface area (Å²) in [4.78, 5) is 5.33. The first-order chi connectivity index (χ1) is 8.19. The fourth-order valence-electron chi connectivity index (χ4n) is 1.44. The number of hydrogen-bond acceptors (Lipinski definition) is 4. The predicted molar refractivity (Wildman–Crippen MR) is 68.7 cm³/mol. The Morgan fingerprint density at radius 3 is 2.76 bits per heavy atom. The van der Waals surface area contributed by atoms with E-state index in [1.807, 2.05) is 31.2 Å². The van der Waals surface area contributed by atoms with Gasteiger partial charge >= 0.3 is 0 Å². The zero-order valence-electron chi connectivity index (χ0n) is 9.34. The third-order valence-corrected chi connectivity index (χ3v) is 3.20. The Bertz CT molecular complexity index is 587. The topological polar surface area (TPSA) is 62.7 Å². The maximum atomic E-state index is 8.90. The van der Waals surface area contributed by atoms with Gasteiger partial charge in [0.25, 0.3) is 0 Å². The minimum absolute atomic E-state index is 0.620. The molecule has 1 heterocycles. The van der Waals surface area contributed by atoms with Crippen LogP contribution in [0, 0.1) is 18.3 Å². The molecule has 0 amide bonds. The first-order valence-corrected chi connectivity index (χ1v) is 5.92. The van der Waals surface area contributed by atoms with Crippen LogP contribution >= 0.6 is 11.8 Å². The standard InChI is InChI=1S/C13H11N3S/c1-9-6-10(8-14)7-13(16-9)17-12-5-3-2-4-11(12)15/h2-7H,15H2,1H3. The Morgan fingerprint density at radius 1 is 1.29 bits per heavy atom. The molecule has 0 saturated heterocycles. The first kappa shape index (κ1) is 11.5. The van der Waals surface area contributed by atoms with Crippen LogP contribution in [0.5, 0.6) is 0 Å². The van der Waals surface area contributed by atoms with Crippen LogP contribution in [-0.4, -0.2) is 4.98 Å². The molecule has 0 atom stereocenters. The number of para-hydroxylation sites is 1. The summed E-state index contributed by atoms with van der Waals surface area (Å²) in [5, 5.41) is 9.69. The van der Waals surface area contributed by atoms with Crippen molar-refractivity contribution in [2.75, 3.05) is 5.73 Å². The molecule has 0 fully saturated rings. The largest absolute Gasteiger partial charge is 0.398 e. The monoisotopic (exact) mass is 241 g/mol. The molecule has 2 aromatic rings. The molecule has 0 aliphatic heterocycles. The van der Waals surface area contributed by atoms with Crippen LogP contribution < -0.4 is 5.73 Å². The van der Waals surface area contributed by atoms with Crippen molar-refractivity contribution >= 4 is 17.4 Å². The van der Waals surface area contributed by atoms with Crippen LogP contribution in [-0.2, 0) is 0 Å². The lowest BCUT2D eigenvalue weighted by molar-refractivity contribution is 1.06. The minimum Gasteiger partial charge on any atom is -0.398 e. The number of benzene rings is 1. The lowest BCUT2D eigenvalue weighted by Crippen LogP contribution is -1.90. The summed E-state index contributed by atoms with van der Waals surface area (Å²) in [6.45, 7) is 1.87. The summed E-state index contributed by atoms with van der Waals surface area (Å²) in [5.41, 5.74) is 8.04. The van der Waals surface area contributed by atoms with Crippen molar-refractivity contribution in [1.29, 1.82) is 5.26 Å². The van der Waals surface area contributed by atoms with Crippen LogP contribution in [0.2, 0.25) is 0 Å². The van der Waals surface area contributed by atoms with Gasteiger partial charge in [-0.2, -0.15) is 5.26 Å². The quantitative estimate of drug-likeness (QED) is 0.821. The van der Waals surface area contributed by atoms with E-state index < -0.39 is 0 Å². The molecule has 84 valence electrons. The molecular formula is C13H11N3S. The number of pyridine rings is 1. The number of nitrogen functional groups attached to an aromatic ring is 1. The normalized spacial score (nSPS) is 9.88. The van der Waals surface area contributed by atoms with Crippen molar-refractivity contribution in [2.24, 2.45) is 0 Å². The third-order valence-electron chi connectivity index (χ3n) is 2.19. The highest BCUT2D eigenvalue weighted by Crippen LogP contribution is 2.30. The molecule has 17 heavy (non-hydrogen) atoms. The van der Waals surface area contributed by atoms with Crippen LogP contribution in [0.15, 0.2) is 46.3 Å². The smallest absolute Gasteiger partial charge is 0.102 e. The average Bonchev–Trinajstić information content (AvgIpc) is 2.31. The number of aryl methyl sites for hydroxylation is 1. The Balaban J connectivity index is 2.34. The first-order valence-electron chi connectivity index (χ1n) is 5.10. The highest BCUT2D eigenvalue weighted by Gasteiger charge is 2.04. The number of aromatic nitrogens is 1. The Hall–Kier alpha value is -1.99. The SMILES string of the molecule is Cc1cc(C#N)cc(Sc2ccccc2N)n1. The summed E-state index contributed by atoms with van der Waals surface area (Å²) in [7, 11) is 0. The van der Waals surface area contributed by atoms with Gasteiger partial charge in [0.2, 0.25) is 0 Å². The summed E-state index contributed by atoms with van der Waals surface area (Å²) in [6, 6.07) is 13.3. The second-order valence-corrected chi connectivity index (χ2v) is 4.65. The number of anilines is 1.